The summed E-state index contributed by atoms with van der Waals surface area (Å²) in [5, 5.41) is 5.65. The highest BCUT2D eigenvalue weighted by Crippen LogP contribution is 2.30. The number of amides is 4. The largest absolute Gasteiger partial charge is 0.444 e. The molecule has 0 fully saturated rings. The normalized spacial score (nSPS) is 12.9. The maximum absolute atomic E-state index is 13.9. The van der Waals surface area contributed by atoms with Crippen molar-refractivity contribution in [1.82, 2.24) is 10.2 Å². The summed E-state index contributed by atoms with van der Waals surface area (Å²) in [6.07, 6.45) is -1.36. The minimum atomic E-state index is -1.35. The van der Waals surface area contributed by atoms with E-state index < -0.39 is 54.0 Å². The number of aryl methyl sites for hydroxylation is 1. The summed E-state index contributed by atoms with van der Waals surface area (Å²) in [7, 11) is 0. The molecule has 10 heteroatoms. The summed E-state index contributed by atoms with van der Waals surface area (Å²) in [6.45, 7) is 10.3. The van der Waals surface area contributed by atoms with Crippen LogP contribution in [-0.4, -0.2) is 46.4 Å². The molecule has 0 spiro atoms. The fraction of sp³-hybridized carbons (Fsp3) is 0.407. The Hall–Kier alpha value is -3.59. The predicted molar refractivity (Wildman–Crippen MR) is 143 cm³/mol. The number of ether oxygens (including phenoxy) is 1. The fourth-order valence-electron chi connectivity index (χ4n) is 3.77. The first-order valence-electron chi connectivity index (χ1n) is 11.9. The van der Waals surface area contributed by atoms with Crippen molar-refractivity contribution in [3.8, 4) is 0 Å². The Morgan fingerprint density at radius 3 is 2.16 bits per heavy atom. The number of carbonyl (C=O) groups is 4. The van der Waals surface area contributed by atoms with E-state index in [1.807, 2.05) is 0 Å². The first-order chi connectivity index (χ1) is 17.2. The lowest BCUT2D eigenvalue weighted by molar-refractivity contribution is -0.143. The molecule has 4 amide bonds. The van der Waals surface area contributed by atoms with E-state index in [9.17, 15) is 19.2 Å². The molecule has 2 unspecified atom stereocenters. The maximum Gasteiger partial charge on any atom is 0.408 e. The number of alkyl carbamates (subject to hydrolysis) is 1. The van der Waals surface area contributed by atoms with Crippen molar-refractivity contribution in [1.29, 1.82) is 0 Å². The van der Waals surface area contributed by atoms with E-state index in [1.54, 1.807) is 90.1 Å². The van der Waals surface area contributed by atoms with E-state index in [4.69, 9.17) is 22.1 Å². The number of carbonyl (C=O) groups excluding carboxylic acids is 4. The average molecular weight is 531 g/mol. The second kappa shape index (κ2) is 12.6. The first kappa shape index (κ1) is 29.6. The molecule has 0 radical (unpaired) electrons. The zero-order valence-electron chi connectivity index (χ0n) is 22.0. The van der Waals surface area contributed by atoms with Crippen molar-refractivity contribution in [2.24, 2.45) is 5.73 Å². The quantitative estimate of drug-likeness (QED) is 0.444. The lowest BCUT2D eigenvalue weighted by Crippen LogP contribution is -2.55. The molecule has 9 nitrogen and oxygen atoms in total. The molecule has 37 heavy (non-hydrogen) atoms. The Kier molecular flexibility index (Phi) is 10.1. The third-order valence-corrected chi connectivity index (χ3v) is 5.63. The molecule has 0 heterocycles. The summed E-state index contributed by atoms with van der Waals surface area (Å²) >= 11 is 6.34. The smallest absolute Gasteiger partial charge is 0.408 e. The maximum atomic E-state index is 13.9. The number of benzene rings is 2. The highest BCUT2D eigenvalue weighted by atomic mass is 35.5. The molecule has 4 N–H and O–H groups in total. The highest BCUT2D eigenvalue weighted by Gasteiger charge is 2.38. The molecule has 0 aliphatic carbocycles. The molecule has 0 aliphatic rings. The van der Waals surface area contributed by atoms with Crippen molar-refractivity contribution >= 4 is 41.1 Å². The lowest BCUT2D eigenvalue weighted by atomic mass is 10.00. The molecule has 0 aliphatic heterocycles. The van der Waals surface area contributed by atoms with Crippen molar-refractivity contribution in [2.75, 3.05) is 5.32 Å². The average Bonchev–Trinajstić information content (AvgIpc) is 2.77. The SMILES string of the molecule is Cc1cccc(Cl)c1NC(=O)C(c1ccccc1)N(C(=O)C(CC(N)=O)NC(=O)OC(C)(C)C)C(C)C. The molecule has 2 rings (SSSR count). The zero-order valence-corrected chi connectivity index (χ0v) is 22.8. The van der Waals surface area contributed by atoms with Gasteiger partial charge in [0.2, 0.25) is 11.8 Å². The Morgan fingerprint density at radius 2 is 1.65 bits per heavy atom. The number of nitrogens with two attached hydrogens (primary N) is 1. The van der Waals surface area contributed by atoms with Gasteiger partial charge in [0, 0.05) is 6.04 Å². The lowest BCUT2D eigenvalue weighted by Gasteiger charge is -2.37. The summed E-state index contributed by atoms with van der Waals surface area (Å²) < 4.78 is 5.27. The van der Waals surface area contributed by atoms with Crippen molar-refractivity contribution in [3.05, 3.63) is 64.7 Å². The van der Waals surface area contributed by atoms with Crippen LogP contribution in [0.4, 0.5) is 10.5 Å². The number of primary amides is 1. The molecule has 0 saturated heterocycles. The topological polar surface area (TPSA) is 131 Å². The second-order valence-corrected chi connectivity index (χ2v) is 10.3. The van der Waals surface area contributed by atoms with Crippen LogP contribution in [0.1, 0.15) is 58.2 Å². The first-order valence-corrected chi connectivity index (χ1v) is 12.3. The van der Waals surface area contributed by atoms with Gasteiger partial charge in [-0.15, -0.1) is 0 Å². The fourth-order valence-corrected chi connectivity index (χ4v) is 4.04. The second-order valence-electron chi connectivity index (χ2n) is 9.94. The number of nitrogens with one attached hydrogen (secondary N) is 2. The number of para-hydroxylation sites is 1. The van der Waals surface area contributed by atoms with Gasteiger partial charge in [-0.25, -0.2) is 4.79 Å². The number of rotatable bonds is 9. The Balaban J connectivity index is 2.52. The molecule has 0 bridgehead atoms. The summed E-state index contributed by atoms with van der Waals surface area (Å²) in [4.78, 5) is 53.3. The molecule has 2 atom stereocenters. The van der Waals surface area contributed by atoms with Gasteiger partial charge in [0.15, 0.2) is 0 Å². The van der Waals surface area contributed by atoms with Crippen molar-refractivity contribution in [2.45, 2.75) is 71.7 Å². The van der Waals surface area contributed by atoms with Crippen LogP contribution in [0.25, 0.3) is 0 Å². The molecular weight excluding hydrogens is 496 g/mol. The van der Waals surface area contributed by atoms with Gasteiger partial charge in [-0.05, 0) is 58.7 Å². The number of nitrogens with zero attached hydrogens (tertiary/aromatic N) is 1. The van der Waals surface area contributed by atoms with Crippen LogP contribution in [0.15, 0.2) is 48.5 Å². The molecular formula is C27H35ClN4O5. The van der Waals surface area contributed by atoms with Gasteiger partial charge in [-0.1, -0.05) is 54.1 Å². The van der Waals surface area contributed by atoms with Crippen LogP contribution in [0, 0.1) is 6.92 Å². The van der Waals surface area contributed by atoms with Crippen LogP contribution >= 0.6 is 11.6 Å². The molecule has 2 aromatic rings. The van der Waals surface area contributed by atoms with Gasteiger partial charge in [-0.2, -0.15) is 0 Å². The van der Waals surface area contributed by atoms with E-state index in [0.717, 1.165) is 5.56 Å². The third kappa shape index (κ3) is 8.49. The van der Waals surface area contributed by atoms with Gasteiger partial charge in [0.05, 0.1) is 17.1 Å². The minimum Gasteiger partial charge on any atom is -0.444 e. The Morgan fingerprint density at radius 1 is 1.03 bits per heavy atom. The zero-order chi connectivity index (χ0) is 27.9. The number of hydrogen-bond acceptors (Lipinski definition) is 5. The van der Waals surface area contributed by atoms with E-state index in [0.29, 0.717) is 16.3 Å². The van der Waals surface area contributed by atoms with Crippen LogP contribution in [-0.2, 0) is 19.1 Å². The molecule has 2 aromatic carbocycles. The van der Waals surface area contributed by atoms with Crippen molar-refractivity contribution in [3.63, 3.8) is 0 Å². The summed E-state index contributed by atoms with van der Waals surface area (Å²) in [5.74, 6) is -1.98. The Labute approximate surface area is 222 Å². The number of anilines is 1. The van der Waals surface area contributed by atoms with Gasteiger partial charge in [-0.3, -0.25) is 14.4 Å². The molecule has 0 saturated carbocycles. The van der Waals surface area contributed by atoms with Gasteiger partial charge >= 0.3 is 6.09 Å². The molecule has 0 aromatic heterocycles. The Bertz CT molecular complexity index is 1110. The van der Waals surface area contributed by atoms with Crippen LogP contribution in [0.2, 0.25) is 5.02 Å². The summed E-state index contributed by atoms with van der Waals surface area (Å²) in [6, 6.07) is 11.0. The van der Waals surface area contributed by atoms with Crippen LogP contribution < -0.4 is 16.4 Å². The minimum absolute atomic E-state index is 0.348. The van der Waals surface area contributed by atoms with Gasteiger partial charge < -0.3 is 26.0 Å². The van der Waals surface area contributed by atoms with Crippen LogP contribution in [0.3, 0.4) is 0 Å². The monoisotopic (exact) mass is 530 g/mol. The third-order valence-electron chi connectivity index (χ3n) is 5.32. The van der Waals surface area contributed by atoms with E-state index in [1.165, 1.54) is 4.90 Å². The highest BCUT2D eigenvalue weighted by molar-refractivity contribution is 6.34. The summed E-state index contributed by atoms with van der Waals surface area (Å²) in [5.41, 5.74) is 6.26. The van der Waals surface area contributed by atoms with Crippen molar-refractivity contribution < 1.29 is 23.9 Å². The van der Waals surface area contributed by atoms with Gasteiger partial charge in [0.1, 0.15) is 17.7 Å². The predicted octanol–water partition coefficient (Wildman–Crippen LogP) is 4.33. The standard InChI is InChI=1S/C27H35ClN4O5/c1-16(2)32(25(35)20(15-21(29)33)30-26(36)37-27(4,5)6)23(18-12-8-7-9-13-18)24(34)31-22-17(3)11-10-14-19(22)28/h7-14,16,20,23H,15H2,1-6H3,(H2,29,33)(H,30,36)(H,31,34). The van der Waals surface area contributed by atoms with Crippen LogP contribution in [0.5, 0.6) is 0 Å². The van der Waals surface area contributed by atoms with Gasteiger partial charge in [0.25, 0.3) is 5.91 Å². The van der Waals surface area contributed by atoms with E-state index >= 15 is 0 Å². The number of halogens is 1. The molecule has 200 valence electrons. The van der Waals surface area contributed by atoms with E-state index in [2.05, 4.69) is 10.6 Å². The van der Waals surface area contributed by atoms with E-state index in [-0.39, 0.29) is 0 Å². The number of hydrogen-bond donors (Lipinski definition) is 3.